The lowest BCUT2D eigenvalue weighted by Crippen LogP contribution is -2.05. The molecule has 20 heavy (non-hydrogen) atoms. The number of methoxy groups -OCH3 is 1. The van der Waals surface area contributed by atoms with Gasteiger partial charge in [0.2, 0.25) is 0 Å². The van der Waals surface area contributed by atoms with Crippen LogP contribution >= 0.6 is 23.2 Å². The number of benzene rings is 2. The Labute approximate surface area is 127 Å². The topological polar surface area (TPSA) is 35.5 Å². The van der Waals surface area contributed by atoms with E-state index in [4.69, 9.17) is 32.7 Å². The van der Waals surface area contributed by atoms with Crippen LogP contribution < -0.4 is 4.74 Å². The van der Waals surface area contributed by atoms with Crippen LogP contribution in [-0.2, 0) is 11.3 Å². The first-order chi connectivity index (χ1) is 9.61. The summed E-state index contributed by atoms with van der Waals surface area (Å²) in [6.45, 7) is 0.240. The molecule has 0 unspecified atom stereocenters. The molecule has 2 rings (SSSR count). The van der Waals surface area contributed by atoms with Crippen molar-refractivity contribution in [3.05, 3.63) is 63.6 Å². The monoisotopic (exact) mass is 310 g/mol. The van der Waals surface area contributed by atoms with E-state index in [0.29, 0.717) is 21.4 Å². The maximum absolute atomic E-state index is 11.6. The summed E-state index contributed by atoms with van der Waals surface area (Å²) in [5.41, 5.74) is 1.16. The summed E-state index contributed by atoms with van der Waals surface area (Å²) in [6.07, 6.45) is 0. The molecule has 0 saturated heterocycles. The van der Waals surface area contributed by atoms with Crippen molar-refractivity contribution in [2.75, 3.05) is 7.11 Å². The van der Waals surface area contributed by atoms with Gasteiger partial charge in [0.05, 0.1) is 7.11 Å². The summed E-state index contributed by atoms with van der Waals surface area (Å²) in [4.78, 5) is 11.6. The highest BCUT2D eigenvalue weighted by Gasteiger charge is 2.12. The lowest BCUT2D eigenvalue weighted by molar-refractivity contribution is 0.0595. The molecular weight excluding hydrogens is 299 g/mol. The molecule has 0 atom stereocenters. The number of esters is 1. The van der Waals surface area contributed by atoms with E-state index in [9.17, 15) is 4.79 Å². The fraction of sp³-hybridized carbons (Fsp3) is 0.133. The van der Waals surface area contributed by atoms with Gasteiger partial charge in [-0.3, -0.25) is 0 Å². The van der Waals surface area contributed by atoms with Crippen molar-refractivity contribution in [2.24, 2.45) is 0 Å². The van der Waals surface area contributed by atoms with Crippen molar-refractivity contribution in [1.82, 2.24) is 0 Å². The van der Waals surface area contributed by atoms with Crippen LogP contribution in [0.5, 0.6) is 5.75 Å². The number of rotatable bonds is 4. The number of ether oxygens (including phenoxy) is 2. The molecule has 0 N–H and O–H groups in total. The molecule has 5 heteroatoms. The third kappa shape index (κ3) is 3.44. The second-order valence-corrected chi connectivity index (χ2v) is 4.86. The molecule has 0 bridgehead atoms. The summed E-state index contributed by atoms with van der Waals surface area (Å²) in [5, 5.41) is 1.08. The van der Waals surface area contributed by atoms with Gasteiger partial charge in [-0.25, -0.2) is 4.79 Å². The first-order valence-electron chi connectivity index (χ1n) is 5.86. The van der Waals surface area contributed by atoms with Crippen LogP contribution in [0.4, 0.5) is 0 Å². The van der Waals surface area contributed by atoms with Crippen LogP contribution in [0, 0.1) is 0 Å². The lowest BCUT2D eigenvalue weighted by atomic mass is 10.2. The molecule has 0 fully saturated rings. The van der Waals surface area contributed by atoms with Crippen molar-refractivity contribution >= 4 is 29.2 Å². The quantitative estimate of drug-likeness (QED) is 0.787. The Morgan fingerprint density at radius 1 is 1.15 bits per heavy atom. The number of hydrogen-bond acceptors (Lipinski definition) is 3. The van der Waals surface area contributed by atoms with Crippen LogP contribution in [0.15, 0.2) is 42.5 Å². The Bertz CT molecular complexity index is 626. The fourth-order valence-electron chi connectivity index (χ4n) is 1.67. The second-order valence-electron chi connectivity index (χ2n) is 4.01. The van der Waals surface area contributed by atoms with Gasteiger partial charge in [-0.2, -0.15) is 0 Å². The van der Waals surface area contributed by atoms with E-state index in [2.05, 4.69) is 0 Å². The van der Waals surface area contributed by atoms with E-state index in [1.807, 2.05) is 0 Å². The zero-order valence-electron chi connectivity index (χ0n) is 10.7. The Balaban J connectivity index is 2.17. The lowest BCUT2D eigenvalue weighted by Gasteiger charge is -2.11. The first kappa shape index (κ1) is 14.7. The van der Waals surface area contributed by atoms with Crippen molar-refractivity contribution in [3.63, 3.8) is 0 Å². The van der Waals surface area contributed by atoms with Crippen molar-refractivity contribution < 1.29 is 14.3 Å². The van der Waals surface area contributed by atoms with E-state index in [1.165, 1.54) is 7.11 Å². The van der Waals surface area contributed by atoms with Gasteiger partial charge in [0.1, 0.15) is 17.9 Å². The van der Waals surface area contributed by atoms with E-state index >= 15 is 0 Å². The molecule has 3 nitrogen and oxygen atoms in total. The van der Waals surface area contributed by atoms with Gasteiger partial charge in [0.15, 0.2) is 0 Å². The van der Waals surface area contributed by atoms with E-state index in [1.54, 1.807) is 42.5 Å². The van der Waals surface area contributed by atoms with Gasteiger partial charge in [-0.1, -0.05) is 41.4 Å². The third-order valence-corrected chi connectivity index (χ3v) is 3.28. The maximum Gasteiger partial charge on any atom is 0.341 e. The summed E-state index contributed by atoms with van der Waals surface area (Å²) < 4.78 is 10.3. The van der Waals surface area contributed by atoms with Crippen molar-refractivity contribution in [3.8, 4) is 5.75 Å². The molecule has 0 heterocycles. The van der Waals surface area contributed by atoms with Crippen LogP contribution in [0.1, 0.15) is 15.9 Å². The minimum absolute atomic E-state index is 0.240. The SMILES string of the molecule is COC(=O)c1ccccc1OCc1ccc(Cl)cc1Cl. The standard InChI is InChI=1S/C15H12Cl2O3/c1-19-15(18)12-4-2-3-5-14(12)20-9-10-6-7-11(16)8-13(10)17/h2-8H,9H2,1H3. The van der Waals surface area contributed by atoms with E-state index in [0.717, 1.165) is 5.56 Å². The average molecular weight is 311 g/mol. The van der Waals surface area contributed by atoms with E-state index < -0.39 is 5.97 Å². The molecule has 0 aromatic heterocycles. The largest absolute Gasteiger partial charge is 0.488 e. The predicted octanol–water partition coefficient (Wildman–Crippen LogP) is 4.36. The highest BCUT2D eigenvalue weighted by atomic mass is 35.5. The van der Waals surface area contributed by atoms with Crippen LogP contribution in [-0.4, -0.2) is 13.1 Å². The molecule has 0 saturated carbocycles. The highest BCUT2D eigenvalue weighted by Crippen LogP contribution is 2.24. The Morgan fingerprint density at radius 3 is 2.60 bits per heavy atom. The zero-order chi connectivity index (χ0) is 14.5. The third-order valence-electron chi connectivity index (χ3n) is 2.69. The number of carbonyl (C=O) groups is 1. The molecule has 2 aromatic carbocycles. The number of carbonyl (C=O) groups excluding carboxylic acids is 1. The van der Waals surface area contributed by atoms with Crippen molar-refractivity contribution in [2.45, 2.75) is 6.61 Å². The normalized spacial score (nSPS) is 10.2. The van der Waals surface area contributed by atoms with Crippen LogP contribution in [0.3, 0.4) is 0 Å². The molecule has 0 aliphatic rings. The van der Waals surface area contributed by atoms with Gasteiger partial charge < -0.3 is 9.47 Å². The predicted molar refractivity (Wildman–Crippen MR) is 78.6 cm³/mol. The van der Waals surface area contributed by atoms with Crippen LogP contribution in [0.25, 0.3) is 0 Å². The molecule has 0 aliphatic carbocycles. The Morgan fingerprint density at radius 2 is 1.90 bits per heavy atom. The first-order valence-corrected chi connectivity index (χ1v) is 6.61. The zero-order valence-corrected chi connectivity index (χ0v) is 12.2. The molecule has 2 aromatic rings. The van der Waals surface area contributed by atoms with Gasteiger partial charge >= 0.3 is 5.97 Å². The molecule has 0 amide bonds. The fourth-order valence-corrected chi connectivity index (χ4v) is 2.13. The van der Waals surface area contributed by atoms with Crippen LogP contribution in [0.2, 0.25) is 10.0 Å². The summed E-state index contributed by atoms with van der Waals surface area (Å²) >= 11 is 11.9. The minimum Gasteiger partial charge on any atom is -0.488 e. The van der Waals surface area contributed by atoms with Gasteiger partial charge in [-0.05, 0) is 24.3 Å². The number of halogens is 2. The van der Waals surface area contributed by atoms with Gasteiger partial charge in [0.25, 0.3) is 0 Å². The molecule has 0 radical (unpaired) electrons. The second kappa shape index (κ2) is 6.64. The molecule has 104 valence electrons. The minimum atomic E-state index is -0.442. The molecular formula is C15H12Cl2O3. The van der Waals surface area contributed by atoms with Crippen molar-refractivity contribution in [1.29, 1.82) is 0 Å². The molecule has 0 aliphatic heterocycles. The number of hydrogen-bond donors (Lipinski definition) is 0. The highest BCUT2D eigenvalue weighted by molar-refractivity contribution is 6.35. The average Bonchev–Trinajstić information content (AvgIpc) is 2.46. The summed E-state index contributed by atoms with van der Waals surface area (Å²) in [6, 6.07) is 12.0. The molecule has 0 spiro atoms. The van der Waals surface area contributed by atoms with E-state index in [-0.39, 0.29) is 6.61 Å². The smallest absolute Gasteiger partial charge is 0.341 e. The number of para-hydroxylation sites is 1. The Hall–Kier alpha value is -1.71. The van der Waals surface area contributed by atoms with Gasteiger partial charge in [-0.15, -0.1) is 0 Å². The van der Waals surface area contributed by atoms with Gasteiger partial charge in [0, 0.05) is 15.6 Å². The summed E-state index contributed by atoms with van der Waals surface area (Å²) in [5.74, 6) is 0.00756. The maximum atomic E-state index is 11.6. The Kier molecular flexibility index (Phi) is 4.88. The summed E-state index contributed by atoms with van der Waals surface area (Å²) in [7, 11) is 1.33.